The smallest absolute Gasteiger partial charge is 0.335 e. The Bertz CT molecular complexity index is 938. The van der Waals surface area contributed by atoms with Gasteiger partial charge in [-0.25, -0.2) is 4.79 Å². The molecule has 0 atom stereocenters. The molecule has 0 radical (unpaired) electrons. The predicted octanol–water partition coefficient (Wildman–Crippen LogP) is 4.32. The number of hydrogen-bond acceptors (Lipinski definition) is 4. The van der Waals surface area contributed by atoms with Crippen LogP contribution in [0.2, 0.25) is 0 Å². The summed E-state index contributed by atoms with van der Waals surface area (Å²) < 4.78 is 0. The first-order valence-corrected chi connectivity index (χ1v) is 9.89. The molecule has 0 bridgehead atoms. The molecule has 1 saturated heterocycles. The summed E-state index contributed by atoms with van der Waals surface area (Å²) in [6.45, 7) is 10.0. The van der Waals surface area contributed by atoms with Crippen LogP contribution in [0.5, 0.6) is 0 Å². The molecule has 0 saturated carbocycles. The van der Waals surface area contributed by atoms with E-state index in [4.69, 9.17) is 0 Å². The fourth-order valence-electron chi connectivity index (χ4n) is 4.04. The van der Waals surface area contributed by atoms with Gasteiger partial charge in [0.05, 0.1) is 17.7 Å². The summed E-state index contributed by atoms with van der Waals surface area (Å²) in [5.41, 5.74) is 5.45. The van der Waals surface area contributed by atoms with Crippen LogP contribution in [0.1, 0.15) is 54.0 Å². The van der Waals surface area contributed by atoms with Crippen LogP contribution in [0, 0.1) is 19.3 Å². The van der Waals surface area contributed by atoms with Gasteiger partial charge < -0.3 is 15.1 Å². The summed E-state index contributed by atoms with van der Waals surface area (Å²) in [4.78, 5) is 29.7. The number of anilines is 1. The molecule has 0 spiro atoms. The first-order valence-electron chi connectivity index (χ1n) is 9.89. The van der Waals surface area contributed by atoms with E-state index in [0.29, 0.717) is 0 Å². The zero-order valence-electron chi connectivity index (χ0n) is 17.5. The van der Waals surface area contributed by atoms with Gasteiger partial charge in [-0.3, -0.25) is 9.78 Å². The van der Waals surface area contributed by atoms with Crippen molar-refractivity contribution in [1.29, 1.82) is 0 Å². The predicted molar refractivity (Wildman–Crippen MR) is 113 cm³/mol. The molecule has 29 heavy (non-hydrogen) atoms. The quantitative estimate of drug-likeness (QED) is 0.782. The van der Waals surface area contributed by atoms with E-state index in [-0.39, 0.29) is 17.4 Å². The summed E-state index contributed by atoms with van der Waals surface area (Å²) in [6, 6.07) is 6.73. The maximum atomic E-state index is 11.6. The first-order chi connectivity index (χ1) is 13.6. The highest BCUT2D eigenvalue weighted by molar-refractivity contribution is 5.90. The molecule has 0 unspecified atom stereocenters. The summed E-state index contributed by atoms with van der Waals surface area (Å²) in [7, 11) is 0. The van der Waals surface area contributed by atoms with Gasteiger partial charge in [0, 0.05) is 35.6 Å². The average molecular weight is 396 g/mol. The first kappa shape index (κ1) is 20.8. The lowest BCUT2D eigenvalue weighted by Gasteiger charge is -2.40. The highest BCUT2D eigenvalue weighted by Crippen LogP contribution is 2.41. The van der Waals surface area contributed by atoms with Crippen LogP contribution in [0.25, 0.3) is 11.1 Å². The fourth-order valence-corrected chi connectivity index (χ4v) is 4.04. The van der Waals surface area contributed by atoms with Gasteiger partial charge in [-0.15, -0.1) is 0 Å². The SMILES string of the molecule is Cc1nc(C)c(-c2ccc(C(=O)O)cc2)c(N2CCC(C)(C)CC2)c1CC(=O)O. The number of carboxylic acids is 2. The third-order valence-corrected chi connectivity index (χ3v) is 5.84. The van der Waals surface area contributed by atoms with E-state index < -0.39 is 11.9 Å². The van der Waals surface area contributed by atoms with Crippen molar-refractivity contribution < 1.29 is 19.8 Å². The van der Waals surface area contributed by atoms with Crippen LogP contribution in [-0.2, 0) is 11.2 Å². The Morgan fingerprint density at radius 1 is 1.03 bits per heavy atom. The largest absolute Gasteiger partial charge is 0.481 e. The average Bonchev–Trinajstić information content (AvgIpc) is 2.64. The van der Waals surface area contributed by atoms with E-state index in [1.165, 1.54) is 0 Å². The van der Waals surface area contributed by atoms with Crippen molar-refractivity contribution in [1.82, 2.24) is 4.98 Å². The number of aliphatic carboxylic acids is 1. The number of aromatic nitrogens is 1. The number of rotatable bonds is 5. The van der Waals surface area contributed by atoms with E-state index in [0.717, 1.165) is 59.7 Å². The van der Waals surface area contributed by atoms with Gasteiger partial charge in [0.1, 0.15) is 0 Å². The van der Waals surface area contributed by atoms with Crippen molar-refractivity contribution in [3.63, 3.8) is 0 Å². The van der Waals surface area contributed by atoms with Gasteiger partial charge in [-0.2, -0.15) is 0 Å². The molecule has 1 aromatic carbocycles. The van der Waals surface area contributed by atoms with Gasteiger partial charge in [0.25, 0.3) is 0 Å². The highest BCUT2D eigenvalue weighted by Gasteiger charge is 2.30. The second-order valence-corrected chi connectivity index (χ2v) is 8.59. The Balaban J connectivity index is 2.18. The number of carbonyl (C=O) groups is 2. The Kier molecular flexibility index (Phi) is 5.64. The third-order valence-electron chi connectivity index (χ3n) is 5.84. The molecule has 154 valence electrons. The monoisotopic (exact) mass is 396 g/mol. The molecule has 6 heteroatoms. The van der Waals surface area contributed by atoms with Crippen LogP contribution in [-0.4, -0.2) is 40.2 Å². The number of pyridine rings is 1. The molecule has 3 rings (SSSR count). The number of carboxylic acid groups (broad SMARTS) is 2. The Morgan fingerprint density at radius 2 is 1.62 bits per heavy atom. The highest BCUT2D eigenvalue weighted by atomic mass is 16.4. The van der Waals surface area contributed by atoms with Gasteiger partial charge in [0.2, 0.25) is 0 Å². The lowest BCUT2D eigenvalue weighted by molar-refractivity contribution is -0.136. The van der Waals surface area contributed by atoms with Crippen LogP contribution >= 0.6 is 0 Å². The van der Waals surface area contributed by atoms with Crippen LogP contribution in [0.15, 0.2) is 24.3 Å². The van der Waals surface area contributed by atoms with Crippen molar-refractivity contribution in [2.75, 3.05) is 18.0 Å². The summed E-state index contributed by atoms with van der Waals surface area (Å²) in [5.74, 6) is -1.86. The minimum atomic E-state index is -0.972. The molecular weight excluding hydrogens is 368 g/mol. The van der Waals surface area contributed by atoms with Crippen molar-refractivity contribution in [3.8, 4) is 11.1 Å². The van der Waals surface area contributed by atoms with Gasteiger partial charge in [0.15, 0.2) is 0 Å². The van der Waals surface area contributed by atoms with Crippen molar-refractivity contribution in [2.45, 2.75) is 47.0 Å². The van der Waals surface area contributed by atoms with Crippen LogP contribution < -0.4 is 4.90 Å². The Labute approximate surface area is 171 Å². The summed E-state index contributed by atoms with van der Waals surface area (Å²) in [6.07, 6.45) is 1.96. The second kappa shape index (κ2) is 7.85. The number of hydrogen-bond donors (Lipinski definition) is 2. The van der Waals surface area contributed by atoms with Crippen molar-refractivity contribution in [3.05, 3.63) is 46.8 Å². The van der Waals surface area contributed by atoms with E-state index in [1.807, 2.05) is 13.8 Å². The molecule has 1 aliphatic heterocycles. The van der Waals surface area contributed by atoms with Crippen LogP contribution in [0.4, 0.5) is 5.69 Å². The maximum Gasteiger partial charge on any atom is 0.335 e. The standard InChI is InChI=1S/C23H28N2O4/c1-14-18(13-19(26)27)21(25-11-9-23(3,4)10-12-25)20(15(2)24-14)16-5-7-17(8-6-16)22(28)29/h5-8H,9-13H2,1-4H3,(H,26,27)(H,28,29). The molecular formula is C23H28N2O4. The normalized spacial score (nSPS) is 15.9. The Hall–Kier alpha value is -2.89. The van der Waals surface area contributed by atoms with Gasteiger partial charge in [-0.1, -0.05) is 26.0 Å². The summed E-state index contributed by atoms with van der Waals surface area (Å²) in [5, 5.41) is 18.7. The fraction of sp³-hybridized carbons (Fsp3) is 0.435. The lowest BCUT2D eigenvalue weighted by atomic mass is 9.82. The number of aryl methyl sites for hydroxylation is 2. The minimum absolute atomic E-state index is 0.0887. The van der Waals surface area contributed by atoms with E-state index >= 15 is 0 Å². The van der Waals surface area contributed by atoms with Gasteiger partial charge in [-0.05, 0) is 49.8 Å². The third kappa shape index (κ3) is 4.42. The van der Waals surface area contributed by atoms with Gasteiger partial charge >= 0.3 is 11.9 Å². The van der Waals surface area contributed by atoms with E-state index in [2.05, 4.69) is 23.7 Å². The number of nitrogens with zero attached hydrogens (tertiary/aromatic N) is 2. The second-order valence-electron chi connectivity index (χ2n) is 8.59. The molecule has 1 aromatic heterocycles. The van der Waals surface area contributed by atoms with Crippen molar-refractivity contribution in [2.24, 2.45) is 5.41 Å². The van der Waals surface area contributed by atoms with Crippen molar-refractivity contribution >= 4 is 17.6 Å². The molecule has 0 amide bonds. The number of piperidine rings is 1. The molecule has 0 aliphatic carbocycles. The summed E-state index contributed by atoms with van der Waals surface area (Å²) >= 11 is 0. The molecule has 2 heterocycles. The topological polar surface area (TPSA) is 90.7 Å². The molecule has 2 N–H and O–H groups in total. The number of aromatic carboxylic acids is 1. The Morgan fingerprint density at radius 3 is 2.14 bits per heavy atom. The van der Waals surface area contributed by atoms with E-state index in [1.54, 1.807) is 24.3 Å². The zero-order valence-corrected chi connectivity index (χ0v) is 17.5. The van der Waals surface area contributed by atoms with E-state index in [9.17, 15) is 19.8 Å². The van der Waals surface area contributed by atoms with Crippen LogP contribution in [0.3, 0.4) is 0 Å². The minimum Gasteiger partial charge on any atom is -0.481 e. The molecule has 2 aromatic rings. The molecule has 6 nitrogen and oxygen atoms in total. The molecule has 1 aliphatic rings. The lowest BCUT2D eigenvalue weighted by Crippen LogP contribution is -2.38. The maximum absolute atomic E-state index is 11.6. The molecule has 1 fully saturated rings. The zero-order chi connectivity index (χ0) is 21.3. The number of benzene rings is 1.